The summed E-state index contributed by atoms with van der Waals surface area (Å²) in [7, 11) is 2.20. The Morgan fingerprint density at radius 1 is 1.00 bits per heavy atom. The number of piperazine rings is 2. The van der Waals surface area contributed by atoms with E-state index in [0.29, 0.717) is 17.9 Å². The van der Waals surface area contributed by atoms with Crippen LogP contribution in [0.3, 0.4) is 0 Å². The van der Waals surface area contributed by atoms with Crippen LogP contribution in [0.25, 0.3) is 0 Å². The van der Waals surface area contributed by atoms with Gasteiger partial charge in [-0.05, 0) is 37.2 Å². The summed E-state index contributed by atoms with van der Waals surface area (Å²) in [6.45, 7) is 13.6. The predicted molar refractivity (Wildman–Crippen MR) is 135 cm³/mol. The van der Waals surface area contributed by atoms with Gasteiger partial charge in [0.2, 0.25) is 0 Å². The maximum Gasteiger partial charge on any atom is 0.191 e. The number of anilines is 1. The van der Waals surface area contributed by atoms with Crippen LogP contribution in [-0.2, 0) is 0 Å². The zero-order chi connectivity index (χ0) is 20.1. The van der Waals surface area contributed by atoms with E-state index in [2.05, 4.69) is 52.6 Å². The van der Waals surface area contributed by atoms with Gasteiger partial charge in [0.1, 0.15) is 0 Å². The third-order valence-electron chi connectivity index (χ3n) is 6.01. The number of aliphatic imine (C=N–C) groups is 1. The summed E-state index contributed by atoms with van der Waals surface area (Å²) < 4.78 is 0. The number of likely N-dealkylation sites (N-methyl/N-ethyl adjacent to an activating group) is 1. The molecule has 2 heterocycles. The van der Waals surface area contributed by atoms with Crippen LogP contribution in [0.5, 0.6) is 0 Å². The first-order chi connectivity index (χ1) is 13.4. The largest absolute Gasteiger partial charge is 0.370 e. The highest BCUT2D eigenvalue weighted by atomic mass is 127. The average molecular weight is 535 g/mol. The Labute approximate surface area is 198 Å². The van der Waals surface area contributed by atoms with Crippen LogP contribution in [0.15, 0.2) is 29.3 Å². The summed E-state index contributed by atoms with van der Waals surface area (Å²) in [5.74, 6) is 1.26. The molecule has 0 saturated carbocycles. The molecule has 1 atom stereocenters. The van der Waals surface area contributed by atoms with E-state index >= 15 is 0 Å². The number of rotatable bonds is 5. The van der Waals surface area contributed by atoms with E-state index in [-0.39, 0.29) is 24.0 Å². The highest BCUT2D eigenvalue weighted by molar-refractivity contribution is 14.0. The van der Waals surface area contributed by atoms with Crippen LogP contribution in [-0.4, -0.2) is 92.7 Å². The molecule has 1 aromatic carbocycles. The number of nitrogens with zero attached hydrogens (tertiary/aromatic N) is 5. The molecule has 2 N–H and O–H groups in total. The van der Waals surface area contributed by atoms with Crippen molar-refractivity contribution in [2.24, 2.45) is 16.6 Å². The molecule has 0 aliphatic carbocycles. The number of benzene rings is 1. The fourth-order valence-electron chi connectivity index (χ4n) is 4.03. The molecule has 6 nitrogen and oxygen atoms in total. The summed E-state index contributed by atoms with van der Waals surface area (Å²) in [4.78, 5) is 14.4. The quantitative estimate of drug-likeness (QED) is 0.358. The average Bonchev–Trinajstić information content (AvgIpc) is 2.70. The number of hydrogen-bond acceptors (Lipinski definition) is 4. The Morgan fingerprint density at radius 3 is 2.14 bits per heavy atom. The minimum atomic E-state index is 0. The van der Waals surface area contributed by atoms with Crippen LogP contribution in [0.4, 0.5) is 5.69 Å². The molecule has 0 radical (unpaired) electrons. The minimum absolute atomic E-state index is 0. The first-order valence-corrected chi connectivity index (χ1v) is 10.8. The fourth-order valence-corrected chi connectivity index (χ4v) is 4.16. The van der Waals surface area contributed by atoms with Gasteiger partial charge in [-0.1, -0.05) is 25.4 Å². The molecule has 8 heteroatoms. The highest BCUT2D eigenvalue weighted by Crippen LogP contribution is 2.19. The van der Waals surface area contributed by atoms with Gasteiger partial charge < -0.3 is 20.4 Å². The zero-order valence-electron chi connectivity index (χ0n) is 17.9. The molecule has 2 saturated heterocycles. The van der Waals surface area contributed by atoms with Gasteiger partial charge in [0.25, 0.3) is 0 Å². The molecule has 3 rings (SSSR count). The Bertz CT molecular complexity index is 637. The highest BCUT2D eigenvalue weighted by Gasteiger charge is 2.25. The summed E-state index contributed by atoms with van der Waals surface area (Å²) >= 11 is 6.00. The monoisotopic (exact) mass is 534 g/mol. The lowest BCUT2D eigenvalue weighted by atomic mass is 10.0. The third kappa shape index (κ3) is 6.87. The van der Waals surface area contributed by atoms with E-state index in [1.54, 1.807) is 0 Å². The topological polar surface area (TPSA) is 51.3 Å². The molecular weight excluding hydrogens is 499 g/mol. The molecule has 2 aliphatic heterocycles. The van der Waals surface area contributed by atoms with Crippen molar-refractivity contribution in [1.29, 1.82) is 0 Å². The van der Waals surface area contributed by atoms with Gasteiger partial charge in [0.05, 0.1) is 6.54 Å². The van der Waals surface area contributed by atoms with Crippen molar-refractivity contribution >= 4 is 47.2 Å². The minimum Gasteiger partial charge on any atom is -0.370 e. The molecule has 2 aliphatic rings. The van der Waals surface area contributed by atoms with Crippen molar-refractivity contribution in [3.63, 3.8) is 0 Å². The lowest BCUT2D eigenvalue weighted by molar-refractivity contribution is 0.0924. The molecule has 0 aromatic heterocycles. The molecular formula is C21H36ClIN6. The van der Waals surface area contributed by atoms with Gasteiger partial charge >= 0.3 is 0 Å². The van der Waals surface area contributed by atoms with E-state index in [0.717, 1.165) is 63.9 Å². The second-order valence-corrected chi connectivity index (χ2v) is 8.74. The lowest BCUT2D eigenvalue weighted by Crippen LogP contribution is -2.53. The van der Waals surface area contributed by atoms with Crippen molar-refractivity contribution < 1.29 is 0 Å². The second-order valence-electron chi connectivity index (χ2n) is 8.30. The van der Waals surface area contributed by atoms with E-state index in [1.807, 2.05) is 12.1 Å². The molecule has 164 valence electrons. The van der Waals surface area contributed by atoms with Crippen LogP contribution < -0.4 is 10.6 Å². The second kappa shape index (κ2) is 11.6. The summed E-state index contributed by atoms with van der Waals surface area (Å²) in [5.41, 5.74) is 7.58. The Kier molecular flexibility index (Phi) is 9.78. The standard InChI is InChI=1S/C21H35ClN6.HI/c1-17(2)20(27-10-8-25(3)9-11-27)16-24-21(23)28-14-12-26(13-15-28)19-6-4-18(22)5-7-19;/h4-7,17,20H,8-16H2,1-3H3,(H2,23,24);1H. The van der Waals surface area contributed by atoms with Crippen LogP contribution in [0.1, 0.15) is 13.8 Å². The SMILES string of the molecule is CC(C)C(CN=C(N)N1CCN(c2ccc(Cl)cc2)CC1)N1CCN(C)CC1.I. The molecule has 29 heavy (non-hydrogen) atoms. The zero-order valence-corrected chi connectivity index (χ0v) is 21.0. The molecule has 0 amide bonds. The van der Waals surface area contributed by atoms with Crippen molar-refractivity contribution in [1.82, 2.24) is 14.7 Å². The number of nitrogens with two attached hydrogens (primary N) is 1. The summed E-state index contributed by atoms with van der Waals surface area (Å²) in [6.07, 6.45) is 0. The fraction of sp³-hybridized carbons (Fsp3) is 0.667. The molecule has 0 spiro atoms. The third-order valence-corrected chi connectivity index (χ3v) is 6.26. The van der Waals surface area contributed by atoms with Crippen molar-refractivity contribution in [3.05, 3.63) is 29.3 Å². The first kappa shape index (κ1) is 24.5. The molecule has 1 unspecified atom stereocenters. The maximum absolute atomic E-state index is 6.37. The smallest absolute Gasteiger partial charge is 0.191 e. The van der Waals surface area contributed by atoms with E-state index in [1.165, 1.54) is 5.69 Å². The van der Waals surface area contributed by atoms with E-state index < -0.39 is 0 Å². The van der Waals surface area contributed by atoms with Gasteiger partial charge in [-0.25, -0.2) is 0 Å². The van der Waals surface area contributed by atoms with Gasteiger partial charge in [0.15, 0.2) is 5.96 Å². The van der Waals surface area contributed by atoms with Crippen molar-refractivity contribution in [2.45, 2.75) is 19.9 Å². The summed E-state index contributed by atoms with van der Waals surface area (Å²) in [6, 6.07) is 8.52. The van der Waals surface area contributed by atoms with Gasteiger partial charge in [-0.2, -0.15) is 0 Å². The van der Waals surface area contributed by atoms with Gasteiger partial charge in [0, 0.05) is 69.1 Å². The Hall–Kier alpha value is -0.770. The Morgan fingerprint density at radius 2 is 1.59 bits per heavy atom. The first-order valence-electron chi connectivity index (χ1n) is 10.4. The molecule has 2 fully saturated rings. The lowest BCUT2D eigenvalue weighted by Gasteiger charge is -2.39. The van der Waals surface area contributed by atoms with E-state index in [4.69, 9.17) is 22.3 Å². The Balaban J connectivity index is 0.00000300. The summed E-state index contributed by atoms with van der Waals surface area (Å²) in [5, 5.41) is 0.777. The van der Waals surface area contributed by atoms with E-state index in [9.17, 15) is 0 Å². The van der Waals surface area contributed by atoms with Crippen LogP contribution >= 0.6 is 35.6 Å². The van der Waals surface area contributed by atoms with Gasteiger partial charge in [-0.3, -0.25) is 9.89 Å². The number of guanidine groups is 1. The van der Waals surface area contributed by atoms with Crippen LogP contribution in [0.2, 0.25) is 5.02 Å². The van der Waals surface area contributed by atoms with Gasteiger partial charge in [-0.15, -0.1) is 24.0 Å². The molecule has 1 aromatic rings. The normalized spacial score (nSPS) is 20.7. The van der Waals surface area contributed by atoms with Crippen molar-refractivity contribution in [3.8, 4) is 0 Å². The predicted octanol–water partition coefficient (Wildman–Crippen LogP) is 2.67. The molecule has 0 bridgehead atoms. The number of halogens is 2. The van der Waals surface area contributed by atoms with Crippen LogP contribution in [0, 0.1) is 5.92 Å². The van der Waals surface area contributed by atoms with Crippen molar-refractivity contribution in [2.75, 3.05) is 70.9 Å². The number of hydrogen-bond donors (Lipinski definition) is 1. The maximum atomic E-state index is 6.37.